The van der Waals surface area contributed by atoms with Crippen LogP contribution in [0.4, 0.5) is 9.52 Å². The molecule has 2 aromatic rings. The molecule has 0 radical (unpaired) electrons. The van der Waals surface area contributed by atoms with E-state index in [-0.39, 0.29) is 18.2 Å². The predicted molar refractivity (Wildman–Crippen MR) is 118 cm³/mol. The van der Waals surface area contributed by atoms with Crippen LogP contribution in [0, 0.1) is 5.82 Å². The van der Waals surface area contributed by atoms with Crippen molar-refractivity contribution in [1.82, 2.24) is 19.1 Å². The maximum absolute atomic E-state index is 13.4. The van der Waals surface area contributed by atoms with E-state index in [9.17, 15) is 22.4 Å². The van der Waals surface area contributed by atoms with Gasteiger partial charge in [-0.05, 0) is 37.5 Å². The van der Waals surface area contributed by atoms with Crippen LogP contribution in [0.2, 0.25) is 0 Å². The van der Waals surface area contributed by atoms with Crippen molar-refractivity contribution in [2.24, 2.45) is 0 Å². The first-order valence-corrected chi connectivity index (χ1v) is 12.5. The molecule has 2 amide bonds. The van der Waals surface area contributed by atoms with Gasteiger partial charge in [-0.15, -0.1) is 0 Å². The van der Waals surface area contributed by atoms with Crippen molar-refractivity contribution in [2.75, 3.05) is 25.0 Å². The molecule has 1 fully saturated rings. The lowest BCUT2D eigenvalue weighted by atomic mass is 10.2. The quantitative estimate of drug-likeness (QED) is 0.267. The maximum Gasteiger partial charge on any atom is 0.283 e. The second-order valence-electron chi connectivity index (χ2n) is 7.47. The number of hydrogen-bond acceptors (Lipinski definition) is 7. The van der Waals surface area contributed by atoms with E-state index in [1.807, 2.05) is 6.92 Å². The molecule has 0 aliphatic carbocycles. The first-order valence-electron chi connectivity index (χ1n) is 10.3. The number of nitrogens with one attached hydrogen (secondary N) is 2. The highest BCUT2D eigenvalue weighted by Crippen LogP contribution is 2.29. The molecule has 0 saturated carbocycles. The lowest BCUT2D eigenvalue weighted by Crippen LogP contribution is -2.52. The summed E-state index contributed by atoms with van der Waals surface area (Å²) in [5.74, 6) is -1.81. The van der Waals surface area contributed by atoms with Crippen molar-refractivity contribution in [3.63, 3.8) is 0 Å². The summed E-state index contributed by atoms with van der Waals surface area (Å²) >= 11 is 1.10. The van der Waals surface area contributed by atoms with E-state index in [0.717, 1.165) is 32.8 Å². The van der Waals surface area contributed by atoms with Crippen molar-refractivity contribution in [3.05, 3.63) is 24.0 Å². The largest absolute Gasteiger partial charge is 0.301 e. The van der Waals surface area contributed by atoms with Crippen molar-refractivity contribution < 1.29 is 27.6 Å². The summed E-state index contributed by atoms with van der Waals surface area (Å²) in [5.41, 5.74) is 1.98. The molecule has 3 rings (SSSR count). The summed E-state index contributed by atoms with van der Waals surface area (Å²) in [6, 6.07) is 3.13. The number of amides is 2. The number of aromatic nitrogens is 1. The molecule has 1 aliphatic heterocycles. The van der Waals surface area contributed by atoms with Crippen molar-refractivity contribution in [3.8, 4) is 0 Å². The molecule has 176 valence electrons. The Morgan fingerprint density at radius 2 is 2.16 bits per heavy atom. The van der Waals surface area contributed by atoms with Gasteiger partial charge in [-0.2, -0.15) is 17.0 Å². The molecule has 1 aromatic carbocycles. The Hall–Kier alpha value is -2.19. The number of hydrogen-bond donors (Lipinski definition) is 3. The molecule has 1 atom stereocenters. The minimum Gasteiger partial charge on any atom is -0.301 e. The van der Waals surface area contributed by atoms with Gasteiger partial charge in [0.2, 0.25) is 5.91 Å². The molecule has 13 heteroatoms. The van der Waals surface area contributed by atoms with E-state index in [2.05, 4.69) is 10.3 Å². The molecular weight excluding hydrogens is 461 g/mol. The smallest absolute Gasteiger partial charge is 0.283 e. The number of carbonyl (C=O) groups excluding carboxylic acids is 2. The lowest BCUT2D eigenvalue weighted by Gasteiger charge is -2.29. The fourth-order valence-electron chi connectivity index (χ4n) is 3.58. The van der Waals surface area contributed by atoms with Gasteiger partial charge in [0, 0.05) is 13.1 Å². The van der Waals surface area contributed by atoms with Crippen LogP contribution in [-0.4, -0.2) is 64.7 Å². The second-order valence-corrected chi connectivity index (χ2v) is 10.4. The van der Waals surface area contributed by atoms with Crippen LogP contribution in [0.15, 0.2) is 18.2 Å². The molecule has 1 saturated heterocycles. The van der Waals surface area contributed by atoms with E-state index in [1.165, 1.54) is 23.7 Å². The highest BCUT2D eigenvalue weighted by atomic mass is 32.2. The Morgan fingerprint density at radius 1 is 1.38 bits per heavy atom. The van der Waals surface area contributed by atoms with Gasteiger partial charge < -0.3 is 5.32 Å². The molecule has 1 aromatic heterocycles. The van der Waals surface area contributed by atoms with Crippen LogP contribution >= 0.6 is 11.3 Å². The number of benzene rings is 1. The number of halogens is 1. The normalized spacial score (nSPS) is 17.2. The van der Waals surface area contributed by atoms with Gasteiger partial charge in [-0.25, -0.2) is 14.9 Å². The monoisotopic (exact) mass is 487 g/mol. The van der Waals surface area contributed by atoms with Crippen LogP contribution in [0.1, 0.15) is 39.0 Å². The van der Waals surface area contributed by atoms with Gasteiger partial charge >= 0.3 is 0 Å². The second kappa shape index (κ2) is 10.6. The Kier molecular flexibility index (Phi) is 8.11. The summed E-state index contributed by atoms with van der Waals surface area (Å²) in [7, 11) is -4.14. The van der Waals surface area contributed by atoms with Gasteiger partial charge in [-0.3, -0.25) is 14.8 Å². The van der Waals surface area contributed by atoms with Gasteiger partial charge in [0.25, 0.3) is 16.1 Å². The summed E-state index contributed by atoms with van der Waals surface area (Å²) in [5, 5.41) is 11.7. The molecule has 32 heavy (non-hydrogen) atoms. The molecule has 2 heterocycles. The molecule has 3 N–H and O–H groups in total. The number of fused-ring (bicyclic) bond motifs is 1. The van der Waals surface area contributed by atoms with Crippen LogP contribution in [0.3, 0.4) is 0 Å². The number of thiazole rings is 1. The number of anilines is 1. The standard InChI is InChI=1S/C19H26FN5O5S2/c1-2-3-4-9-24(12-17(26)23-28)32(29,30)25-10-5-6-15(25)18(27)22-19-21-14-8-7-13(20)11-16(14)31-19/h7-8,11,15,28H,2-6,9-10,12H2,1H3,(H,23,26)(H,21,22,27). The molecule has 10 nitrogen and oxygen atoms in total. The Labute approximate surface area is 189 Å². The van der Waals surface area contributed by atoms with Crippen molar-refractivity contribution >= 4 is 48.7 Å². The predicted octanol–water partition coefficient (Wildman–Crippen LogP) is 2.08. The van der Waals surface area contributed by atoms with E-state index in [0.29, 0.717) is 29.5 Å². The first kappa shape index (κ1) is 24.5. The molecule has 0 spiro atoms. The van der Waals surface area contributed by atoms with Crippen LogP contribution in [0.5, 0.6) is 0 Å². The minimum absolute atomic E-state index is 0.0951. The Morgan fingerprint density at radius 3 is 2.88 bits per heavy atom. The third-order valence-corrected chi connectivity index (χ3v) is 8.09. The van der Waals surface area contributed by atoms with Crippen LogP contribution in [0.25, 0.3) is 10.2 Å². The highest BCUT2D eigenvalue weighted by Gasteiger charge is 2.42. The first-order chi connectivity index (χ1) is 15.3. The number of hydroxylamine groups is 1. The third-order valence-electron chi connectivity index (χ3n) is 5.17. The third kappa shape index (κ3) is 5.59. The van der Waals surface area contributed by atoms with Gasteiger partial charge in [0.1, 0.15) is 11.9 Å². The zero-order chi connectivity index (χ0) is 23.3. The molecular formula is C19H26FN5O5S2. The van der Waals surface area contributed by atoms with Gasteiger partial charge in [0.15, 0.2) is 5.13 Å². The van der Waals surface area contributed by atoms with E-state index in [4.69, 9.17) is 5.21 Å². The van der Waals surface area contributed by atoms with Crippen LogP contribution < -0.4 is 10.8 Å². The van der Waals surface area contributed by atoms with Gasteiger partial charge in [-0.1, -0.05) is 31.1 Å². The average Bonchev–Trinajstić information content (AvgIpc) is 3.39. The zero-order valence-electron chi connectivity index (χ0n) is 17.6. The van der Waals surface area contributed by atoms with E-state index < -0.39 is 40.4 Å². The molecule has 1 unspecified atom stereocenters. The van der Waals surface area contributed by atoms with Gasteiger partial charge in [0.05, 0.1) is 16.8 Å². The topological polar surface area (TPSA) is 132 Å². The molecule has 1 aliphatic rings. The van der Waals surface area contributed by atoms with E-state index >= 15 is 0 Å². The lowest BCUT2D eigenvalue weighted by molar-refractivity contribution is -0.129. The summed E-state index contributed by atoms with van der Waals surface area (Å²) in [6.45, 7) is 1.65. The number of carbonyl (C=O) groups is 2. The zero-order valence-corrected chi connectivity index (χ0v) is 19.2. The Bertz CT molecular complexity index is 1080. The fourth-order valence-corrected chi connectivity index (χ4v) is 6.29. The fraction of sp³-hybridized carbons (Fsp3) is 0.526. The number of unbranched alkanes of at least 4 members (excludes halogenated alkanes) is 2. The van der Waals surface area contributed by atoms with Crippen molar-refractivity contribution in [1.29, 1.82) is 0 Å². The summed E-state index contributed by atoms with van der Waals surface area (Å²) in [4.78, 5) is 28.8. The molecule has 0 bridgehead atoms. The number of rotatable bonds is 10. The van der Waals surface area contributed by atoms with Crippen LogP contribution in [-0.2, 0) is 19.8 Å². The Balaban J connectivity index is 1.77. The SMILES string of the molecule is CCCCCN(CC(=O)NO)S(=O)(=O)N1CCCC1C(=O)Nc1nc2ccc(F)cc2s1. The number of nitrogens with zero attached hydrogens (tertiary/aromatic N) is 3. The summed E-state index contributed by atoms with van der Waals surface area (Å²) in [6.07, 6.45) is 2.98. The van der Waals surface area contributed by atoms with E-state index in [1.54, 1.807) is 0 Å². The van der Waals surface area contributed by atoms with Crippen molar-refractivity contribution in [2.45, 2.75) is 45.1 Å². The maximum atomic E-state index is 13.4. The highest BCUT2D eigenvalue weighted by molar-refractivity contribution is 7.86. The summed E-state index contributed by atoms with van der Waals surface area (Å²) < 4.78 is 42.6. The minimum atomic E-state index is -4.14. The average molecular weight is 488 g/mol.